The van der Waals surface area contributed by atoms with Crippen LogP contribution in [0.4, 0.5) is 0 Å². The van der Waals surface area contributed by atoms with E-state index in [-0.39, 0.29) is 0 Å². The monoisotopic (exact) mass is 396 g/mol. The second-order valence-corrected chi connectivity index (χ2v) is 8.73. The SMILES string of the molecule is CN=C(NCc1ccccc1CN(C)C)N1CCC(CSc2ccccc2)C1. The van der Waals surface area contributed by atoms with Gasteiger partial charge in [-0.15, -0.1) is 11.8 Å². The van der Waals surface area contributed by atoms with Crippen molar-refractivity contribution >= 4 is 17.7 Å². The molecule has 2 aromatic rings. The molecule has 28 heavy (non-hydrogen) atoms. The standard InChI is InChI=1S/C23H32N4S/c1-24-23(25-15-20-9-7-8-10-21(20)17-26(2)3)27-14-13-19(16-27)18-28-22-11-5-4-6-12-22/h4-12,19H,13-18H2,1-3H3,(H,24,25). The van der Waals surface area contributed by atoms with E-state index in [1.807, 2.05) is 18.8 Å². The summed E-state index contributed by atoms with van der Waals surface area (Å²) in [6.45, 7) is 3.94. The number of thioether (sulfide) groups is 1. The first-order valence-corrected chi connectivity index (χ1v) is 11.0. The van der Waals surface area contributed by atoms with Gasteiger partial charge in [-0.05, 0) is 49.7 Å². The molecule has 2 aromatic carbocycles. The van der Waals surface area contributed by atoms with E-state index in [2.05, 4.69) is 88.8 Å². The fraction of sp³-hybridized carbons (Fsp3) is 0.435. The lowest BCUT2D eigenvalue weighted by Gasteiger charge is -2.22. The predicted octanol–water partition coefficient (Wildman–Crippen LogP) is 3.94. The van der Waals surface area contributed by atoms with Crippen LogP contribution in [0.2, 0.25) is 0 Å². The van der Waals surface area contributed by atoms with Gasteiger partial charge in [0.1, 0.15) is 0 Å². The van der Waals surface area contributed by atoms with Crippen molar-refractivity contribution in [2.24, 2.45) is 10.9 Å². The van der Waals surface area contributed by atoms with Crippen molar-refractivity contribution in [2.45, 2.75) is 24.4 Å². The molecule has 4 nitrogen and oxygen atoms in total. The molecule has 0 aromatic heterocycles. The lowest BCUT2D eigenvalue weighted by Crippen LogP contribution is -2.40. The maximum atomic E-state index is 4.54. The first-order chi connectivity index (χ1) is 13.7. The van der Waals surface area contributed by atoms with E-state index in [1.54, 1.807) is 0 Å². The van der Waals surface area contributed by atoms with Crippen molar-refractivity contribution in [3.8, 4) is 0 Å². The summed E-state index contributed by atoms with van der Waals surface area (Å²) in [5.41, 5.74) is 2.71. The molecule has 1 aliphatic heterocycles. The third-order valence-corrected chi connectivity index (χ3v) is 6.31. The molecule has 0 bridgehead atoms. The maximum absolute atomic E-state index is 4.54. The van der Waals surface area contributed by atoms with E-state index < -0.39 is 0 Å². The summed E-state index contributed by atoms with van der Waals surface area (Å²) in [6.07, 6.45) is 1.23. The molecule has 1 unspecified atom stereocenters. The normalized spacial score (nSPS) is 17.4. The molecule has 1 saturated heterocycles. The van der Waals surface area contributed by atoms with Crippen molar-refractivity contribution in [3.05, 3.63) is 65.7 Å². The van der Waals surface area contributed by atoms with E-state index in [4.69, 9.17) is 0 Å². The van der Waals surface area contributed by atoms with Gasteiger partial charge in [0.25, 0.3) is 0 Å². The largest absolute Gasteiger partial charge is 0.352 e. The van der Waals surface area contributed by atoms with E-state index in [0.29, 0.717) is 5.92 Å². The Bertz CT molecular complexity index is 760. The number of benzene rings is 2. The highest BCUT2D eigenvalue weighted by Crippen LogP contribution is 2.26. The van der Waals surface area contributed by atoms with Gasteiger partial charge in [0.15, 0.2) is 5.96 Å². The smallest absolute Gasteiger partial charge is 0.193 e. The van der Waals surface area contributed by atoms with Crippen molar-refractivity contribution < 1.29 is 0 Å². The summed E-state index contributed by atoms with van der Waals surface area (Å²) in [5.74, 6) is 2.90. The van der Waals surface area contributed by atoms with Gasteiger partial charge in [0.05, 0.1) is 0 Å². The summed E-state index contributed by atoms with van der Waals surface area (Å²) in [7, 11) is 6.11. The van der Waals surface area contributed by atoms with Crippen molar-refractivity contribution in [1.82, 2.24) is 15.1 Å². The summed E-state index contributed by atoms with van der Waals surface area (Å²) < 4.78 is 0. The van der Waals surface area contributed by atoms with Crippen LogP contribution >= 0.6 is 11.8 Å². The minimum Gasteiger partial charge on any atom is -0.352 e. The average Bonchev–Trinajstić information content (AvgIpc) is 3.17. The van der Waals surface area contributed by atoms with E-state index >= 15 is 0 Å². The predicted molar refractivity (Wildman–Crippen MR) is 121 cm³/mol. The van der Waals surface area contributed by atoms with Crippen molar-refractivity contribution in [1.29, 1.82) is 0 Å². The van der Waals surface area contributed by atoms with Crippen LogP contribution in [0.5, 0.6) is 0 Å². The molecule has 1 N–H and O–H groups in total. The van der Waals surface area contributed by atoms with Crippen LogP contribution in [0.25, 0.3) is 0 Å². The van der Waals surface area contributed by atoms with Crippen molar-refractivity contribution in [2.75, 3.05) is 40.0 Å². The van der Waals surface area contributed by atoms with Crippen LogP contribution in [0, 0.1) is 5.92 Å². The highest BCUT2D eigenvalue weighted by molar-refractivity contribution is 7.99. The summed E-state index contributed by atoms with van der Waals surface area (Å²) >= 11 is 1.97. The van der Waals surface area contributed by atoms with Gasteiger partial charge in [-0.1, -0.05) is 42.5 Å². The number of aliphatic imine (C=N–C) groups is 1. The molecule has 150 valence electrons. The molecule has 3 rings (SSSR count). The number of nitrogens with zero attached hydrogens (tertiary/aromatic N) is 3. The second-order valence-electron chi connectivity index (χ2n) is 7.63. The number of nitrogens with one attached hydrogen (secondary N) is 1. The van der Waals surface area contributed by atoms with Crippen LogP contribution in [-0.2, 0) is 13.1 Å². The van der Waals surface area contributed by atoms with Crippen LogP contribution in [-0.4, -0.2) is 55.7 Å². The Morgan fingerprint density at radius 3 is 2.54 bits per heavy atom. The highest BCUT2D eigenvalue weighted by atomic mass is 32.2. The quantitative estimate of drug-likeness (QED) is 0.436. The Morgan fingerprint density at radius 1 is 1.11 bits per heavy atom. The lowest BCUT2D eigenvalue weighted by molar-refractivity contribution is 0.400. The Kier molecular flexibility index (Phi) is 7.80. The first kappa shape index (κ1) is 20.7. The fourth-order valence-electron chi connectivity index (χ4n) is 3.62. The van der Waals surface area contributed by atoms with Crippen LogP contribution in [0.15, 0.2) is 64.5 Å². The van der Waals surface area contributed by atoms with Gasteiger partial charge < -0.3 is 15.1 Å². The number of guanidine groups is 1. The zero-order valence-electron chi connectivity index (χ0n) is 17.3. The Labute approximate surface area is 174 Å². The summed E-state index contributed by atoms with van der Waals surface area (Å²) in [6, 6.07) is 19.4. The van der Waals surface area contributed by atoms with E-state index in [0.717, 1.165) is 32.1 Å². The van der Waals surface area contributed by atoms with Gasteiger partial charge >= 0.3 is 0 Å². The first-order valence-electron chi connectivity index (χ1n) is 10.0. The fourth-order valence-corrected chi connectivity index (χ4v) is 4.67. The zero-order valence-corrected chi connectivity index (χ0v) is 18.1. The average molecular weight is 397 g/mol. The molecule has 0 saturated carbocycles. The minimum atomic E-state index is 0.713. The van der Waals surface area contributed by atoms with Gasteiger partial charge in [-0.2, -0.15) is 0 Å². The molecule has 1 heterocycles. The van der Waals surface area contributed by atoms with Gasteiger partial charge in [0.2, 0.25) is 0 Å². The number of hydrogen-bond donors (Lipinski definition) is 1. The zero-order chi connectivity index (χ0) is 19.8. The highest BCUT2D eigenvalue weighted by Gasteiger charge is 2.25. The second kappa shape index (κ2) is 10.5. The number of hydrogen-bond acceptors (Lipinski definition) is 3. The molecular formula is C23H32N4S. The van der Waals surface area contributed by atoms with Gasteiger partial charge in [0, 0.05) is 43.9 Å². The molecule has 1 aliphatic rings. The third kappa shape index (κ3) is 6.01. The molecule has 0 radical (unpaired) electrons. The minimum absolute atomic E-state index is 0.713. The van der Waals surface area contributed by atoms with Crippen LogP contribution in [0.3, 0.4) is 0 Å². The maximum Gasteiger partial charge on any atom is 0.193 e. The third-order valence-electron chi connectivity index (χ3n) is 5.07. The van der Waals surface area contributed by atoms with Gasteiger partial charge in [-0.25, -0.2) is 0 Å². The van der Waals surface area contributed by atoms with Crippen LogP contribution < -0.4 is 5.32 Å². The van der Waals surface area contributed by atoms with Crippen molar-refractivity contribution in [3.63, 3.8) is 0 Å². The molecular weight excluding hydrogens is 364 g/mol. The molecule has 1 atom stereocenters. The lowest BCUT2D eigenvalue weighted by atomic mass is 10.1. The number of rotatable bonds is 7. The molecule has 1 fully saturated rings. The van der Waals surface area contributed by atoms with E-state index in [1.165, 1.54) is 28.2 Å². The topological polar surface area (TPSA) is 30.9 Å². The van der Waals surface area contributed by atoms with Crippen LogP contribution in [0.1, 0.15) is 17.5 Å². The van der Waals surface area contributed by atoms with Gasteiger partial charge in [-0.3, -0.25) is 4.99 Å². The number of likely N-dealkylation sites (tertiary alicyclic amines) is 1. The van der Waals surface area contributed by atoms with E-state index in [9.17, 15) is 0 Å². The Balaban J connectivity index is 1.51. The summed E-state index contributed by atoms with van der Waals surface area (Å²) in [5, 5.41) is 3.59. The molecule has 0 spiro atoms. The molecule has 5 heteroatoms. The molecule has 0 aliphatic carbocycles. The Hall–Kier alpha value is -1.98. The summed E-state index contributed by atoms with van der Waals surface area (Å²) in [4.78, 5) is 10.5. The molecule has 0 amide bonds. The Morgan fingerprint density at radius 2 is 1.82 bits per heavy atom.